The van der Waals surface area contributed by atoms with Crippen molar-refractivity contribution in [3.05, 3.63) is 59.7 Å². The summed E-state index contributed by atoms with van der Waals surface area (Å²) in [5.41, 5.74) is 2.10. The first-order valence-corrected chi connectivity index (χ1v) is 9.06. The van der Waals surface area contributed by atoms with Gasteiger partial charge in [-0.05, 0) is 61.2 Å². The fourth-order valence-corrected chi connectivity index (χ4v) is 2.61. The van der Waals surface area contributed by atoms with Crippen LogP contribution in [0.5, 0.6) is 17.2 Å². The van der Waals surface area contributed by atoms with Crippen molar-refractivity contribution in [1.82, 2.24) is 5.32 Å². The Labute approximate surface area is 161 Å². The van der Waals surface area contributed by atoms with Crippen LogP contribution >= 0.6 is 0 Å². The van der Waals surface area contributed by atoms with Crippen molar-refractivity contribution in [2.75, 3.05) is 27.4 Å². The molecule has 0 heterocycles. The van der Waals surface area contributed by atoms with Crippen molar-refractivity contribution >= 4 is 12.0 Å². The molecule has 2 rings (SSSR count). The van der Waals surface area contributed by atoms with Crippen LogP contribution < -0.4 is 19.5 Å². The fraction of sp³-hybridized carbons (Fsp3) is 0.318. The third kappa shape index (κ3) is 6.70. The molecule has 0 atom stereocenters. The molecule has 27 heavy (non-hydrogen) atoms. The van der Waals surface area contributed by atoms with Crippen LogP contribution in [0.1, 0.15) is 24.5 Å². The highest BCUT2D eigenvalue weighted by Crippen LogP contribution is 2.27. The first-order chi connectivity index (χ1) is 13.2. The number of amides is 1. The lowest BCUT2D eigenvalue weighted by molar-refractivity contribution is -0.116. The Morgan fingerprint density at radius 2 is 1.78 bits per heavy atom. The van der Waals surface area contributed by atoms with Crippen LogP contribution in [0.25, 0.3) is 6.08 Å². The van der Waals surface area contributed by atoms with E-state index in [2.05, 4.69) is 17.4 Å². The van der Waals surface area contributed by atoms with E-state index in [1.165, 1.54) is 11.6 Å². The molecule has 2 aromatic rings. The van der Waals surface area contributed by atoms with Crippen molar-refractivity contribution in [2.45, 2.75) is 19.8 Å². The minimum absolute atomic E-state index is 0.114. The first-order valence-electron chi connectivity index (χ1n) is 9.06. The zero-order valence-electron chi connectivity index (χ0n) is 16.2. The van der Waals surface area contributed by atoms with Crippen molar-refractivity contribution in [2.24, 2.45) is 0 Å². The molecule has 1 amide bonds. The Morgan fingerprint density at radius 1 is 1.04 bits per heavy atom. The van der Waals surface area contributed by atoms with Gasteiger partial charge in [0, 0.05) is 12.6 Å². The van der Waals surface area contributed by atoms with Crippen LogP contribution in [0.3, 0.4) is 0 Å². The van der Waals surface area contributed by atoms with E-state index in [-0.39, 0.29) is 5.91 Å². The first kappa shape index (κ1) is 20.4. The number of hydrogen-bond acceptors (Lipinski definition) is 4. The van der Waals surface area contributed by atoms with E-state index in [9.17, 15) is 4.79 Å². The summed E-state index contributed by atoms with van der Waals surface area (Å²) in [5, 5.41) is 2.90. The normalized spacial score (nSPS) is 10.6. The number of methoxy groups -OCH3 is 2. The minimum atomic E-state index is -0.114. The molecule has 0 bridgehead atoms. The lowest BCUT2D eigenvalue weighted by Crippen LogP contribution is -2.22. The van der Waals surface area contributed by atoms with Gasteiger partial charge in [0.1, 0.15) is 5.75 Å². The van der Waals surface area contributed by atoms with Crippen molar-refractivity contribution in [1.29, 1.82) is 0 Å². The zero-order valence-corrected chi connectivity index (χ0v) is 16.2. The van der Waals surface area contributed by atoms with Gasteiger partial charge in [-0.15, -0.1) is 0 Å². The standard InChI is InChI=1S/C22H27NO4/c1-4-27-19-11-7-17(8-12-19)6-5-15-23-22(24)14-10-18-9-13-20(25-2)21(16-18)26-3/h7-14,16H,4-6,15H2,1-3H3,(H,23,24)/b14-10+. The van der Waals surface area contributed by atoms with Crippen LogP contribution in [0.15, 0.2) is 48.5 Å². The van der Waals surface area contributed by atoms with Crippen LogP contribution in [0.4, 0.5) is 0 Å². The molecule has 0 aliphatic rings. The molecule has 1 N–H and O–H groups in total. The molecule has 0 spiro atoms. The third-order valence-corrected chi connectivity index (χ3v) is 4.01. The fourth-order valence-electron chi connectivity index (χ4n) is 2.61. The zero-order chi connectivity index (χ0) is 19.5. The van der Waals surface area contributed by atoms with E-state index in [1.54, 1.807) is 20.3 Å². The monoisotopic (exact) mass is 369 g/mol. The molecule has 0 fully saturated rings. The number of benzene rings is 2. The number of carbonyl (C=O) groups is 1. The summed E-state index contributed by atoms with van der Waals surface area (Å²) in [5.74, 6) is 2.06. The van der Waals surface area contributed by atoms with Gasteiger partial charge in [0.25, 0.3) is 0 Å². The summed E-state index contributed by atoms with van der Waals surface area (Å²) in [6.45, 7) is 3.26. The van der Waals surface area contributed by atoms with Gasteiger partial charge in [0.2, 0.25) is 5.91 Å². The van der Waals surface area contributed by atoms with Gasteiger partial charge >= 0.3 is 0 Å². The van der Waals surface area contributed by atoms with E-state index in [4.69, 9.17) is 14.2 Å². The molecular weight excluding hydrogens is 342 g/mol. The van der Waals surface area contributed by atoms with Gasteiger partial charge in [-0.2, -0.15) is 0 Å². The van der Waals surface area contributed by atoms with Crippen molar-refractivity contribution < 1.29 is 19.0 Å². The number of carbonyl (C=O) groups excluding carboxylic acids is 1. The maximum Gasteiger partial charge on any atom is 0.243 e. The molecule has 0 radical (unpaired) electrons. The summed E-state index contributed by atoms with van der Waals surface area (Å²) in [4.78, 5) is 12.0. The summed E-state index contributed by atoms with van der Waals surface area (Å²) in [6, 6.07) is 13.6. The lowest BCUT2D eigenvalue weighted by Gasteiger charge is -2.07. The summed E-state index contributed by atoms with van der Waals surface area (Å²) >= 11 is 0. The van der Waals surface area contributed by atoms with Gasteiger partial charge < -0.3 is 19.5 Å². The van der Waals surface area contributed by atoms with Gasteiger partial charge in [-0.3, -0.25) is 4.79 Å². The van der Waals surface area contributed by atoms with Gasteiger partial charge in [-0.25, -0.2) is 0 Å². The molecule has 0 unspecified atom stereocenters. The van der Waals surface area contributed by atoms with E-state index >= 15 is 0 Å². The molecule has 0 saturated carbocycles. The molecule has 0 aromatic heterocycles. The van der Waals surface area contributed by atoms with E-state index in [0.717, 1.165) is 24.2 Å². The predicted octanol–water partition coefficient (Wildman–Crippen LogP) is 3.86. The van der Waals surface area contributed by atoms with Crippen molar-refractivity contribution in [3.8, 4) is 17.2 Å². The average molecular weight is 369 g/mol. The maximum atomic E-state index is 12.0. The molecule has 0 aliphatic heterocycles. The molecule has 5 heteroatoms. The van der Waals surface area contributed by atoms with Crippen molar-refractivity contribution in [3.63, 3.8) is 0 Å². The van der Waals surface area contributed by atoms with Gasteiger partial charge in [-0.1, -0.05) is 18.2 Å². The SMILES string of the molecule is CCOc1ccc(CCCNC(=O)/C=C/c2ccc(OC)c(OC)c2)cc1. The summed E-state index contributed by atoms with van der Waals surface area (Å²) < 4.78 is 15.9. The number of nitrogens with one attached hydrogen (secondary N) is 1. The Hall–Kier alpha value is -2.95. The molecule has 144 valence electrons. The number of hydrogen-bond donors (Lipinski definition) is 1. The van der Waals surface area contributed by atoms with Crippen LogP contribution in [-0.4, -0.2) is 33.3 Å². The van der Waals surface area contributed by atoms with Gasteiger partial charge in [0.05, 0.1) is 20.8 Å². The quantitative estimate of drug-likeness (QED) is 0.510. The molecule has 0 aliphatic carbocycles. The van der Waals surface area contributed by atoms with E-state index in [1.807, 2.05) is 37.3 Å². The molecule has 2 aromatic carbocycles. The topological polar surface area (TPSA) is 56.8 Å². The summed E-state index contributed by atoms with van der Waals surface area (Å²) in [7, 11) is 3.18. The molecule has 5 nitrogen and oxygen atoms in total. The van der Waals surface area contributed by atoms with E-state index < -0.39 is 0 Å². The number of aryl methyl sites for hydroxylation is 1. The lowest BCUT2D eigenvalue weighted by atomic mass is 10.1. The number of ether oxygens (including phenoxy) is 3. The molecule has 0 saturated heterocycles. The van der Waals surface area contributed by atoms with Crippen LogP contribution in [-0.2, 0) is 11.2 Å². The maximum absolute atomic E-state index is 12.0. The Bertz CT molecular complexity index is 753. The average Bonchev–Trinajstić information content (AvgIpc) is 2.70. The van der Waals surface area contributed by atoms with Crippen LogP contribution in [0, 0.1) is 0 Å². The third-order valence-electron chi connectivity index (χ3n) is 4.01. The number of rotatable bonds is 10. The highest BCUT2D eigenvalue weighted by Gasteiger charge is 2.03. The summed E-state index contributed by atoms with van der Waals surface area (Å²) in [6.07, 6.45) is 5.07. The second-order valence-electron chi connectivity index (χ2n) is 5.92. The minimum Gasteiger partial charge on any atom is -0.494 e. The largest absolute Gasteiger partial charge is 0.494 e. The second-order valence-corrected chi connectivity index (χ2v) is 5.92. The smallest absolute Gasteiger partial charge is 0.243 e. The van der Waals surface area contributed by atoms with Gasteiger partial charge in [0.15, 0.2) is 11.5 Å². The Morgan fingerprint density at radius 3 is 2.44 bits per heavy atom. The Kier molecular flexibility index (Phi) is 8.23. The van der Waals surface area contributed by atoms with Crippen LogP contribution in [0.2, 0.25) is 0 Å². The highest BCUT2D eigenvalue weighted by molar-refractivity contribution is 5.91. The Balaban J connectivity index is 1.75. The van der Waals surface area contributed by atoms with E-state index in [0.29, 0.717) is 24.7 Å². The highest BCUT2D eigenvalue weighted by atomic mass is 16.5. The second kappa shape index (κ2) is 10.9. The molecular formula is C22H27NO4. The predicted molar refractivity (Wildman–Crippen MR) is 108 cm³/mol.